The van der Waals surface area contributed by atoms with Crippen LogP contribution in [0.1, 0.15) is 0 Å². The molecule has 0 spiro atoms. The van der Waals surface area contributed by atoms with E-state index in [2.05, 4.69) is 20.8 Å². The van der Waals surface area contributed by atoms with Gasteiger partial charge >= 0.3 is 0 Å². The molecule has 7 heteroatoms. The molecule has 0 saturated carbocycles. The first-order valence-corrected chi connectivity index (χ1v) is 8.16. The van der Waals surface area contributed by atoms with Crippen molar-refractivity contribution >= 4 is 37.6 Å². The van der Waals surface area contributed by atoms with Crippen LogP contribution in [0, 0.1) is 0 Å². The van der Waals surface area contributed by atoms with E-state index in [1.165, 1.54) is 4.31 Å². The Kier molecular flexibility index (Phi) is 4.33. The summed E-state index contributed by atoms with van der Waals surface area (Å²) < 4.78 is 26.9. The third-order valence-electron chi connectivity index (χ3n) is 2.99. The normalized spacial score (nSPS) is 19.1. The van der Waals surface area contributed by atoms with Crippen molar-refractivity contribution < 1.29 is 8.42 Å². The Morgan fingerprint density at radius 1 is 1.22 bits per heavy atom. The van der Waals surface area contributed by atoms with Gasteiger partial charge < -0.3 is 4.90 Å². The number of likely N-dealkylation sites (N-methyl/N-ethyl adjacent to an activating group) is 1. The van der Waals surface area contributed by atoms with E-state index in [1.807, 2.05) is 7.05 Å². The molecule has 1 aliphatic rings. The van der Waals surface area contributed by atoms with Crippen LogP contribution in [0.15, 0.2) is 27.6 Å². The molecule has 1 aliphatic heterocycles. The largest absolute Gasteiger partial charge is 0.304 e. The lowest BCUT2D eigenvalue weighted by Crippen LogP contribution is -2.47. The highest BCUT2D eigenvalue weighted by molar-refractivity contribution is 9.10. The van der Waals surface area contributed by atoms with E-state index in [1.54, 1.807) is 18.2 Å². The monoisotopic (exact) mass is 352 g/mol. The van der Waals surface area contributed by atoms with E-state index in [9.17, 15) is 8.42 Å². The summed E-state index contributed by atoms with van der Waals surface area (Å²) in [4.78, 5) is 2.40. The van der Waals surface area contributed by atoms with Crippen LogP contribution in [0.3, 0.4) is 0 Å². The Balaban J connectivity index is 2.27. The molecule has 0 aromatic heterocycles. The molecule has 100 valence electrons. The Hall–Kier alpha value is -0.140. The number of hydrogen-bond acceptors (Lipinski definition) is 3. The van der Waals surface area contributed by atoms with Crippen LogP contribution in [0.2, 0.25) is 5.02 Å². The minimum absolute atomic E-state index is 0.281. The third kappa shape index (κ3) is 2.88. The van der Waals surface area contributed by atoms with Gasteiger partial charge in [-0.05, 0) is 41.2 Å². The van der Waals surface area contributed by atoms with Crippen molar-refractivity contribution in [3.8, 4) is 0 Å². The van der Waals surface area contributed by atoms with Crippen LogP contribution in [0.4, 0.5) is 0 Å². The van der Waals surface area contributed by atoms with Gasteiger partial charge in [-0.3, -0.25) is 0 Å². The zero-order valence-corrected chi connectivity index (χ0v) is 13.1. The van der Waals surface area contributed by atoms with Gasteiger partial charge in [0.05, 0.1) is 9.92 Å². The van der Waals surface area contributed by atoms with Crippen molar-refractivity contribution in [2.45, 2.75) is 4.90 Å². The van der Waals surface area contributed by atoms with Crippen LogP contribution in [-0.4, -0.2) is 50.8 Å². The van der Waals surface area contributed by atoms with E-state index in [4.69, 9.17) is 11.6 Å². The first-order chi connectivity index (χ1) is 8.41. The van der Waals surface area contributed by atoms with Gasteiger partial charge in [-0.2, -0.15) is 4.31 Å². The average Bonchev–Trinajstić information content (AvgIpc) is 2.33. The number of halogens is 2. The standard InChI is InChI=1S/C11H14BrClN2O2S/c1-14-4-6-15(7-5-14)18(16,17)9-2-3-11(13)10(12)8-9/h2-3,8H,4-7H2,1H3. The van der Waals surface area contributed by atoms with Crippen LogP contribution in [0.5, 0.6) is 0 Å². The van der Waals surface area contributed by atoms with Crippen molar-refractivity contribution in [2.75, 3.05) is 33.2 Å². The summed E-state index contributed by atoms with van der Waals surface area (Å²) in [6.07, 6.45) is 0. The summed E-state index contributed by atoms with van der Waals surface area (Å²) in [5.41, 5.74) is 0. The Bertz CT molecular complexity index is 542. The number of rotatable bonds is 2. The summed E-state index contributed by atoms with van der Waals surface area (Å²) in [7, 11) is -1.42. The average molecular weight is 354 g/mol. The second-order valence-electron chi connectivity index (χ2n) is 4.28. The van der Waals surface area contributed by atoms with Crippen LogP contribution < -0.4 is 0 Å². The maximum atomic E-state index is 12.4. The summed E-state index contributed by atoms with van der Waals surface area (Å²) in [6.45, 7) is 2.57. The van der Waals surface area contributed by atoms with Gasteiger partial charge in [-0.25, -0.2) is 8.42 Å². The smallest absolute Gasteiger partial charge is 0.243 e. The van der Waals surface area contributed by atoms with E-state index < -0.39 is 10.0 Å². The lowest BCUT2D eigenvalue weighted by Gasteiger charge is -2.31. The van der Waals surface area contributed by atoms with Gasteiger partial charge in [0.1, 0.15) is 0 Å². The Morgan fingerprint density at radius 3 is 2.39 bits per heavy atom. The highest BCUT2D eigenvalue weighted by Gasteiger charge is 2.27. The molecule has 2 rings (SSSR count). The number of nitrogens with zero attached hydrogens (tertiary/aromatic N) is 2. The van der Waals surface area contributed by atoms with E-state index in [0.29, 0.717) is 22.6 Å². The van der Waals surface area contributed by atoms with Gasteiger partial charge in [-0.1, -0.05) is 11.6 Å². The first-order valence-electron chi connectivity index (χ1n) is 5.55. The first kappa shape index (κ1) is 14.3. The third-order valence-corrected chi connectivity index (χ3v) is 6.10. The molecule has 0 unspecified atom stereocenters. The number of piperazine rings is 1. The van der Waals surface area contributed by atoms with E-state index in [-0.39, 0.29) is 4.90 Å². The van der Waals surface area contributed by atoms with E-state index in [0.717, 1.165) is 13.1 Å². The zero-order chi connectivity index (χ0) is 13.3. The minimum Gasteiger partial charge on any atom is -0.304 e. The molecule has 0 radical (unpaired) electrons. The molecule has 0 aliphatic carbocycles. The molecule has 4 nitrogen and oxygen atoms in total. The van der Waals surface area contributed by atoms with Crippen molar-refractivity contribution in [2.24, 2.45) is 0 Å². The van der Waals surface area contributed by atoms with Gasteiger partial charge in [0.25, 0.3) is 0 Å². The zero-order valence-electron chi connectivity index (χ0n) is 9.94. The van der Waals surface area contributed by atoms with Crippen molar-refractivity contribution in [3.63, 3.8) is 0 Å². The fraction of sp³-hybridized carbons (Fsp3) is 0.455. The lowest BCUT2D eigenvalue weighted by atomic mass is 10.4. The van der Waals surface area contributed by atoms with Crippen LogP contribution in [0.25, 0.3) is 0 Å². The molecular formula is C11H14BrClN2O2S. The maximum absolute atomic E-state index is 12.4. The topological polar surface area (TPSA) is 40.6 Å². The highest BCUT2D eigenvalue weighted by Crippen LogP contribution is 2.27. The number of hydrogen-bond donors (Lipinski definition) is 0. The van der Waals surface area contributed by atoms with Gasteiger partial charge in [0.15, 0.2) is 0 Å². The fourth-order valence-electron chi connectivity index (χ4n) is 1.81. The quantitative estimate of drug-likeness (QED) is 0.817. The summed E-state index contributed by atoms with van der Waals surface area (Å²) >= 11 is 9.12. The molecule has 0 amide bonds. The van der Waals surface area contributed by atoms with Crippen LogP contribution >= 0.6 is 27.5 Å². The van der Waals surface area contributed by atoms with Gasteiger partial charge in [0.2, 0.25) is 10.0 Å². The fourth-order valence-corrected chi connectivity index (χ4v) is 3.91. The molecular weight excluding hydrogens is 340 g/mol. The van der Waals surface area contributed by atoms with Crippen molar-refractivity contribution in [1.82, 2.24) is 9.21 Å². The number of sulfonamides is 1. The predicted octanol–water partition coefficient (Wildman–Crippen LogP) is 2.04. The predicted molar refractivity (Wildman–Crippen MR) is 75.4 cm³/mol. The molecule has 1 aromatic rings. The van der Waals surface area contributed by atoms with Gasteiger partial charge in [-0.15, -0.1) is 0 Å². The molecule has 0 bridgehead atoms. The highest BCUT2D eigenvalue weighted by atomic mass is 79.9. The van der Waals surface area contributed by atoms with Crippen molar-refractivity contribution in [3.05, 3.63) is 27.7 Å². The molecule has 1 aromatic carbocycles. The number of benzene rings is 1. The van der Waals surface area contributed by atoms with E-state index >= 15 is 0 Å². The molecule has 1 fully saturated rings. The van der Waals surface area contributed by atoms with Crippen molar-refractivity contribution in [1.29, 1.82) is 0 Å². The molecule has 0 N–H and O–H groups in total. The van der Waals surface area contributed by atoms with Gasteiger partial charge in [0, 0.05) is 30.7 Å². The lowest BCUT2D eigenvalue weighted by molar-refractivity contribution is 0.222. The molecule has 18 heavy (non-hydrogen) atoms. The molecule has 1 heterocycles. The Morgan fingerprint density at radius 2 is 1.83 bits per heavy atom. The second kappa shape index (κ2) is 5.46. The summed E-state index contributed by atoms with van der Waals surface area (Å²) in [5, 5.41) is 0.507. The maximum Gasteiger partial charge on any atom is 0.243 e. The Labute approximate surface area is 121 Å². The van der Waals surface area contributed by atoms with Crippen LogP contribution in [-0.2, 0) is 10.0 Å². The minimum atomic E-state index is -3.41. The SMILES string of the molecule is CN1CCN(S(=O)(=O)c2ccc(Cl)c(Br)c2)CC1. The molecule has 1 saturated heterocycles. The summed E-state index contributed by atoms with van der Waals surface area (Å²) in [6, 6.07) is 4.69. The summed E-state index contributed by atoms with van der Waals surface area (Å²) in [5.74, 6) is 0. The second-order valence-corrected chi connectivity index (χ2v) is 7.48. The molecule has 0 atom stereocenters.